The summed E-state index contributed by atoms with van der Waals surface area (Å²) in [4.78, 5) is 0. The molecule has 1 rings (SSSR count). The first-order chi connectivity index (χ1) is 6.88. The molecule has 84 valence electrons. The molecule has 0 aromatic rings. The summed E-state index contributed by atoms with van der Waals surface area (Å²) in [7, 11) is 0. The van der Waals surface area contributed by atoms with E-state index in [1.807, 2.05) is 0 Å². The summed E-state index contributed by atoms with van der Waals surface area (Å²) in [5.74, 6) is 2.28. The van der Waals surface area contributed by atoms with Gasteiger partial charge in [-0.25, -0.2) is 0 Å². The van der Waals surface area contributed by atoms with E-state index < -0.39 is 0 Å². The zero-order valence-corrected chi connectivity index (χ0v) is 10.2. The van der Waals surface area contributed by atoms with Crippen molar-refractivity contribution in [1.82, 2.24) is 0 Å². The Morgan fingerprint density at radius 1 is 0.714 bits per heavy atom. The molecule has 0 N–H and O–H groups in total. The van der Waals surface area contributed by atoms with Gasteiger partial charge in [-0.3, -0.25) is 0 Å². The molecule has 2 atom stereocenters. The Balaban J connectivity index is 1.82. The third-order valence-corrected chi connectivity index (χ3v) is 3.68. The van der Waals surface area contributed by atoms with Crippen LogP contribution in [0.5, 0.6) is 0 Å². The van der Waals surface area contributed by atoms with Gasteiger partial charge >= 0.3 is 0 Å². The highest BCUT2D eigenvalue weighted by atomic mass is 14.4. The van der Waals surface area contributed by atoms with Gasteiger partial charge in [0.2, 0.25) is 0 Å². The lowest BCUT2D eigenvalue weighted by atomic mass is 10.1. The second-order valence-electron chi connectivity index (χ2n) is 5.10. The van der Waals surface area contributed by atoms with Crippen molar-refractivity contribution in [3.05, 3.63) is 0 Å². The van der Waals surface area contributed by atoms with Crippen LogP contribution in [-0.4, -0.2) is 0 Å². The summed E-state index contributed by atoms with van der Waals surface area (Å²) in [6.45, 7) is 4.60. The fraction of sp³-hybridized carbons (Fsp3) is 1.00. The molecule has 0 amide bonds. The molecule has 14 heavy (non-hydrogen) atoms. The Morgan fingerprint density at radius 2 is 1.21 bits per heavy atom. The minimum absolute atomic E-state index is 1.14. The van der Waals surface area contributed by atoms with Crippen LogP contribution in [0.15, 0.2) is 0 Å². The van der Waals surface area contributed by atoms with Crippen LogP contribution in [0.1, 0.15) is 78.1 Å². The average Bonchev–Trinajstić information content (AvgIpc) is 2.92. The number of hydrogen-bond acceptors (Lipinski definition) is 0. The standard InChI is InChI=1S/C14H28/c1-3-5-7-9-11-14-12-13(14)10-8-6-4-2/h13-14H,3-12H2,1-2H3. The van der Waals surface area contributed by atoms with Crippen LogP contribution in [0, 0.1) is 11.8 Å². The summed E-state index contributed by atoms with van der Waals surface area (Å²) in [5.41, 5.74) is 0. The van der Waals surface area contributed by atoms with Crippen LogP contribution < -0.4 is 0 Å². The van der Waals surface area contributed by atoms with E-state index in [-0.39, 0.29) is 0 Å². The Labute approximate surface area is 90.5 Å². The first-order valence-electron chi connectivity index (χ1n) is 6.88. The Morgan fingerprint density at radius 3 is 1.79 bits per heavy atom. The van der Waals surface area contributed by atoms with Gasteiger partial charge in [0.25, 0.3) is 0 Å². The fourth-order valence-electron chi connectivity index (χ4n) is 2.51. The molecule has 1 saturated carbocycles. The van der Waals surface area contributed by atoms with E-state index in [0.717, 1.165) is 11.8 Å². The van der Waals surface area contributed by atoms with Crippen LogP contribution in [0.3, 0.4) is 0 Å². The minimum atomic E-state index is 1.14. The monoisotopic (exact) mass is 196 g/mol. The molecular weight excluding hydrogens is 168 g/mol. The molecule has 0 radical (unpaired) electrons. The average molecular weight is 196 g/mol. The van der Waals surface area contributed by atoms with E-state index in [4.69, 9.17) is 0 Å². The molecule has 0 spiro atoms. The van der Waals surface area contributed by atoms with Crippen molar-refractivity contribution < 1.29 is 0 Å². The Bertz CT molecular complexity index is 128. The highest BCUT2D eigenvalue weighted by Crippen LogP contribution is 2.45. The number of unbranched alkanes of at least 4 members (excludes halogenated alkanes) is 5. The molecule has 0 aliphatic heterocycles. The Hall–Kier alpha value is 0. The molecule has 0 nitrogen and oxygen atoms in total. The minimum Gasteiger partial charge on any atom is -0.0654 e. The molecule has 0 bridgehead atoms. The van der Waals surface area contributed by atoms with Crippen LogP contribution in [-0.2, 0) is 0 Å². The van der Waals surface area contributed by atoms with Crippen LogP contribution in [0.4, 0.5) is 0 Å². The van der Waals surface area contributed by atoms with Gasteiger partial charge in [0.05, 0.1) is 0 Å². The molecule has 1 aliphatic rings. The summed E-state index contributed by atoms with van der Waals surface area (Å²) in [6, 6.07) is 0. The quantitative estimate of drug-likeness (QED) is 0.446. The van der Waals surface area contributed by atoms with Crippen molar-refractivity contribution in [2.75, 3.05) is 0 Å². The number of hydrogen-bond donors (Lipinski definition) is 0. The van der Waals surface area contributed by atoms with Gasteiger partial charge in [0.1, 0.15) is 0 Å². The maximum Gasteiger partial charge on any atom is -0.0383 e. The summed E-state index contributed by atoms with van der Waals surface area (Å²) in [5, 5.41) is 0. The number of rotatable bonds is 9. The fourth-order valence-corrected chi connectivity index (χ4v) is 2.51. The molecular formula is C14H28. The van der Waals surface area contributed by atoms with Crippen molar-refractivity contribution in [2.45, 2.75) is 78.1 Å². The van der Waals surface area contributed by atoms with Crippen LogP contribution >= 0.6 is 0 Å². The molecule has 0 saturated heterocycles. The van der Waals surface area contributed by atoms with Crippen molar-refractivity contribution in [2.24, 2.45) is 11.8 Å². The first-order valence-corrected chi connectivity index (χ1v) is 6.88. The second-order valence-corrected chi connectivity index (χ2v) is 5.10. The molecule has 1 aliphatic carbocycles. The van der Waals surface area contributed by atoms with E-state index >= 15 is 0 Å². The summed E-state index contributed by atoms with van der Waals surface area (Å²) >= 11 is 0. The van der Waals surface area contributed by atoms with Crippen molar-refractivity contribution >= 4 is 0 Å². The van der Waals surface area contributed by atoms with Gasteiger partial charge in [0.15, 0.2) is 0 Å². The molecule has 1 fully saturated rings. The van der Waals surface area contributed by atoms with E-state index in [1.165, 1.54) is 57.8 Å². The van der Waals surface area contributed by atoms with Gasteiger partial charge in [-0.05, 0) is 18.3 Å². The predicted octanol–water partition coefficient (Wildman–Crippen LogP) is 5.17. The van der Waals surface area contributed by atoms with Crippen molar-refractivity contribution in [3.8, 4) is 0 Å². The summed E-state index contributed by atoms with van der Waals surface area (Å²) in [6.07, 6.45) is 14.8. The Kier molecular flexibility index (Phi) is 6.31. The second kappa shape index (κ2) is 7.31. The topological polar surface area (TPSA) is 0 Å². The van der Waals surface area contributed by atoms with Crippen LogP contribution in [0.2, 0.25) is 0 Å². The van der Waals surface area contributed by atoms with Crippen molar-refractivity contribution in [1.29, 1.82) is 0 Å². The molecule has 0 aromatic carbocycles. The maximum atomic E-state index is 2.30. The molecule has 2 unspecified atom stereocenters. The van der Waals surface area contributed by atoms with Gasteiger partial charge in [0, 0.05) is 0 Å². The molecule has 0 aromatic heterocycles. The lowest BCUT2D eigenvalue weighted by molar-refractivity contribution is 0.533. The first kappa shape index (κ1) is 12.1. The van der Waals surface area contributed by atoms with E-state index in [9.17, 15) is 0 Å². The highest BCUT2D eigenvalue weighted by molar-refractivity contribution is 4.85. The van der Waals surface area contributed by atoms with Crippen molar-refractivity contribution in [3.63, 3.8) is 0 Å². The lowest BCUT2D eigenvalue weighted by Crippen LogP contribution is -1.85. The van der Waals surface area contributed by atoms with Gasteiger partial charge in [-0.2, -0.15) is 0 Å². The van der Waals surface area contributed by atoms with E-state index in [0.29, 0.717) is 0 Å². The highest BCUT2D eigenvalue weighted by Gasteiger charge is 2.34. The normalized spacial score (nSPS) is 25.3. The third-order valence-electron chi connectivity index (χ3n) is 3.68. The summed E-state index contributed by atoms with van der Waals surface area (Å²) < 4.78 is 0. The lowest BCUT2D eigenvalue weighted by Gasteiger charge is -2.00. The van der Waals surface area contributed by atoms with Gasteiger partial charge < -0.3 is 0 Å². The van der Waals surface area contributed by atoms with Gasteiger partial charge in [-0.15, -0.1) is 0 Å². The maximum absolute atomic E-state index is 2.30. The molecule has 0 heterocycles. The zero-order chi connectivity index (χ0) is 10.2. The smallest absolute Gasteiger partial charge is 0.0383 e. The predicted molar refractivity (Wildman–Crippen MR) is 64.5 cm³/mol. The third kappa shape index (κ3) is 5.02. The largest absolute Gasteiger partial charge is 0.0654 e. The van der Waals surface area contributed by atoms with Crippen LogP contribution in [0.25, 0.3) is 0 Å². The zero-order valence-electron chi connectivity index (χ0n) is 10.2. The van der Waals surface area contributed by atoms with E-state index in [2.05, 4.69) is 13.8 Å². The SMILES string of the molecule is CCCCCCC1CC1CCCCC. The van der Waals surface area contributed by atoms with Gasteiger partial charge in [-0.1, -0.05) is 71.6 Å². The molecule has 0 heteroatoms. The van der Waals surface area contributed by atoms with E-state index in [1.54, 1.807) is 6.42 Å².